The quantitative estimate of drug-likeness (QED) is 0.749. The van der Waals surface area contributed by atoms with Crippen molar-refractivity contribution >= 4 is 10.9 Å². The van der Waals surface area contributed by atoms with Gasteiger partial charge in [0.15, 0.2) is 0 Å². The van der Waals surface area contributed by atoms with Crippen LogP contribution in [-0.4, -0.2) is 29.7 Å². The van der Waals surface area contributed by atoms with Crippen LogP contribution in [0.4, 0.5) is 0 Å². The summed E-state index contributed by atoms with van der Waals surface area (Å²) in [5.74, 6) is 0.565. The summed E-state index contributed by atoms with van der Waals surface area (Å²) in [4.78, 5) is 18.9. The predicted octanol–water partition coefficient (Wildman–Crippen LogP) is 1.05. The van der Waals surface area contributed by atoms with Crippen LogP contribution in [-0.2, 0) is 11.3 Å². The summed E-state index contributed by atoms with van der Waals surface area (Å²) in [6, 6.07) is 7.28. The van der Waals surface area contributed by atoms with E-state index in [1.165, 1.54) is 0 Å². The van der Waals surface area contributed by atoms with E-state index in [4.69, 9.17) is 4.74 Å². The summed E-state index contributed by atoms with van der Waals surface area (Å²) < 4.78 is 5.43. The van der Waals surface area contributed by atoms with Crippen molar-refractivity contribution in [2.45, 2.75) is 13.5 Å². The van der Waals surface area contributed by atoms with E-state index in [0.717, 1.165) is 13.1 Å². The number of nitrogens with one attached hydrogen (secondary N) is 2. The van der Waals surface area contributed by atoms with E-state index in [2.05, 4.69) is 15.3 Å². The lowest BCUT2D eigenvalue weighted by Gasteiger charge is -2.05. The highest BCUT2D eigenvalue weighted by Crippen LogP contribution is 2.05. The standard InChI is InChI=1S/C13H17N3O2/c1-2-14-7-8-18-9-12-15-11-6-4-3-5-10(11)13(17)16-12/h3-6,14H,2,7-9H2,1H3,(H,15,16,17). The number of para-hydroxylation sites is 1. The molecule has 96 valence electrons. The second kappa shape index (κ2) is 6.28. The van der Waals surface area contributed by atoms with Gasteiger partial charge in [-0.1, -0.05) is 19.1 Å². The summed E-state index contributed by atoms with van der Waals surface area (Å²) >= 11 is 0. The minimum atomic E-state index is -0.120. The highest BCUT2D eigenvalue weighted by atomic mass is 16.5. The van der Waals surface area contributed by atoms with Gasteiger partial charge in [0.1, 0.15) is 12.4 Å². The molecule has 1 aromatic carbocycles. The Labute approximate surface area is 105 Å². The second-order valence-electron chi connectivity index (χ2n) is 3.94. The lowest BCUT2D eigenvalue weighted by Crippen LogP contribution is -2.19. The molecule has 0 amide bonds. The third-order valence-corrected chi connectivity index (χ3v) is 2.57. The molecule has 1 aromatic heterocycles. The number of fused-ring (bicyclic) bond motifs is 1. The topological polar surface area (TPSA) is 67.0 Å². The van der Waals surface area contributed by atoms with E-state index in [-0.39, 0.29) is 5.56 Å². The van der Waals surface area contributed by atoms with Crippen LogP contribution in [0, 0.1) is 0 Å². The number of hydrogen-bond acceptors (Lipinski definition) is 4. The second-order valence-corrected chi connectivity index (χ2v) is 3.94. The molecule has 0 aliphatic rings. The number of rotatable bonds is 6. The maximum Gasteiger partial charge on any atom is 0.258 e. The van der Waals surface area contributed by atoms with Crippen molar-refractivity contribution in [1.82, 2.24) is 15.3 Å². The maximum atomic E-state index is 11.8. The maximum absolute atomic E-state index is 11.8. The van der Waals surface area contributed by atoms with Gasteiger partial charge in [0.25, 0.3) is 5.56 Å². The molecule has 0 spiro atoms. The summed E-state index contributed by atoms with van der Waals surface area (Å²) in [6.45, 7) is 4.70. The predicted molar refractivity (Wildman–Crippen MR) is 70.6 cm³/mol. The van der Waals surface area contributed by atoms with E-state index in [0.29, 0.717) is 29.9 Å². The first-order valence-electron chi connectivity index (χ1n) is 6.07. The average molecular weight is 247 g/mol. The van der Waals surface area contributed by atoms with Crippen LogP contribution in [0.5, 0.6) is 0 Å². The van der Waals surface area contributed by atoms with E-state index in [1.807, 2.05) is 25.1 Å². The molecule has 0 aliphatic heterocycles. The molecule has 5 nitrogen and oxygen atoms in total. The molecule has 2 aromatic rings. The minimum Gasteiger partial charge on any atom is -0.372 e. The number of benzene rings is 1. The number of aromatic nitrogens is 2. The molecule has 0 unspecified atom stereocenters. The normalized spacial score (nSPS) is 10.9. The van der Waals surface area contributed by atoms with E-state index in [1.54, 1.807) is 6.07 Å². The molecule has 2 rings (SSSR count). The Morgan fingerprint density at radius 1 is 1.39 bits per heavy atom. The van der Waals surface area contributed by atoms with E-state index >= 15 is 0 Å². The number of aromatic amines is 1. The summed E-state index contributed by atoms with van der Waals surface area (Å²) in [5.41, 5.74) is 0.581. The number of ether oxygens (including phenoxy) is 1. The SMILES string of the molecule is CCNCCOCc1nc2ccccc2c(=O)[nH]1. The molecule has 1 heterocycles. The molecule has 5 heteroatoms. The number of hydrogen-bond donors (Lipinski definition) is 2. The van der Waals surface area contributed by atoms with Gasteiger partial charge in [-0.15, -0.1) is 0 Å². The molecular weight excluding hydrogens is 230 g/mol. The Bertz CT molecular complexity index is 565. The lowest BCUT2D eigenvalue weighted by atomic mass is 10.2. The molecular formula is C13H17N3O2. The summed E-state index contributed by atoms with van der Waals surface area (Å²) in [6.07, 6.45) is 0. The van der Waals surface area contributed by atoms with Gasteiger partial charge < -0.3 is 15.0 Å². The Kier molecular flexibility index (Phi) is 4.44. The minimum absolute atomic E-state index is 0.120. The van der Waals surface area contributed by atoms with Gasteiger partial charge in [-0.3, -0.25) is 4.79 Å². The van der Waals surface area contributed by atoms with Gasteiger partial charge in [0, 0.05) is 6.54 Å². The molecule has 0 aliphatic carbocycles. The van der Waals surface area contributed by atoms with Crippen molar-refractivity contribution in [3.63, 3.8) is 0 Å². The first kappa shape index (κ1) is 12.7. The van der Waals surface area contributed by atoms with E-state index < -0.39 is 0 Å². The Balaban J connectivity index is 2.03. The van der Waals surface area contributed by atoms with Gasteiger partial charge in [-0.2, -0.15) is 0 Å². The van der Waals surface area contributed by atoms with E-state index in [9.17, 15) is 4.79 Å². The fraction of sp³-hybridized carbons (Fsp3) is 0.385. The fourth-order valence-electron chi connectivity index (χ4n) is 1.69. The molecule has 0 bridgehead atoms. The zero-order chi connectivity index (χ0) is 12.8. The zero-order valence-corrected chi connectivity index (χ0v) is 10.4. The zero-order valence-electron chi connectivity index (χ0n) is 10.4. The molecule has 0 radical (unpaired) electrons. The molecule has 2 N–H and O–H groups in total. The highest BCUT2D eigenvalue weighted by Gasteiger charge is 2.02. The van der Waals surface area contributed by atoms with Crippen LogP contribution >= 0.6 is 0 Å². The third kappa shape index (κ3) is 3.15. The molecule has 0 saturated heterocycles. The number of likely N-dealkylation sites (N-methyl/N-ethyl adjacent to an activating group) is 1. The van der Waals surface area contributed by atoms with Crippen molar-refractivity contribution in [3.8, 4) is 0 Å². The van der Waals surface area contributed by atoms with Gasteiger partial charge in [-0.05, 0) is 18.7 Å². The van der Waals surface area contributed by atoms with Crippen molar-refractivity contribution in [2.24, 2.45) is 0 Å². The largest absolute Gasteiger partial charge is 0.372 e. The van der Waals surface area contributed by atoms with Crippen molar-refractivity contribution in [1.29, 1.82) is 0 Å². The van der Waals surface area contributed by atoms with Crippen LogP contribution in [0.3, 0.4) is 0 Å². The summed E-state index contributed by atoms with van der Waals surface area (Å²) in [5, 5.41) is 3.76. The van der Waals surface area contributed by atoms with Gasteiger partial charge in [-0.25, -0.2) is 4.98 Å². The molecule has 0 atom stereocenters. The fourth-order valence-corrected chi connectivity index (χ4v) is 1.69. The molecule has 0 saturated carbocycles. The third-order valence-electron chi connectivity index (χ3n) is 2.57. The van der Waals surface area contributed by atoms with Crippen LogP contribution in [0.2, 0.25) is 0 Å². The highest BCUT2D eigenvalue weighted by molar-refractivity contribution is 5.77. The van der Waals surface area contributed by atoms with Crippen molar-refractivity contribution in [3.05, 3.63) is 40.4 Å². The monoisotopic (exact) mass is 247 g/mol. The Hall–Kier alpha value is -1.72. The number of H-pyrrole nitrogens is 1. The van der Waals surface area contributed by atoms with Crippen LogP contribution in [0.1, 0.15) is 12.7 Å². The van der Waals surface area contributed by atoms with Crippen molar-refractivity contribution < 1.29 is 4.74 Å². The van der Waals surface area contributed by atoms with Crippen LogP contribution in [0.15, 0.2) is 29.1 Å². The summed E-state index contributed by atoms with van der Waals surface area (Å²) in [7, 11) is 0. The van der Waals surface area contributed by atoms with Gasteiger partial charge >= 0.3 is 0 Å². The first-order chi connectivity index (χ1) is 8.81. The molecule has 0 fully saturated rings. The smallest absolute Gasteiger partial charge is 0.258 e. The van der Waals surface area contributed by atoms with Gasteiger partial charge in [0.2, 0.25) is 0 Å². The average Bonchev–Trinajstić information content (AvgIpc) is 2.39. The van der Waals surface area contributed by atoms with Crippen molar-refractivity contribution in [2.75, 3.05) is 19.7 Å². The molecule has 18 heavy (non-hydrogen) atoms. The Morgan fingerprint density at radius 2 is 2.22 bits per heavy atom. The van der Waals surface area contributed by atoms with Crippen LogP contribution < -0.4 is 10.9 Å². The number of nitrogens with zero attached hydrogens (tertiary/aromatic N) is 1. The first-order valence-corrected chi connectivity index (χ1v) is 6.07. The Morgan fingerprint density at radius 3 is 3.06 bits per heavy atom. The van der Waals surface area contributed by atoms with Crippen LogP contribution in [0.25, 0.3) is 10.9 Å². The van der Waals surface area contributed by atoms with Gasteiger partial charge in [0.05, 0.1) is 17.5 Å². The lowest BCUT2D eigenvalue weighted by molar-refractivity contribution is 0.118.